The normalized spacial score (nSPS) is 16.9. The third-order valence-electron chi connectivity index (χ3n) is 4.90. The molecule has 4 rings (SSSR count). The molecule has 0 unspecified atom stereocenters. The molecule has 1 fully saturated rings. The van der Waals surface area contributed by atoms with E-state index in [0.29, 0.717) is 17.4 Å². The summed E-state index contributed by atoms with van der Waals surface area (Å²) in [6.45, 7) is 4.78. The van der Waals surface area contributed by atoms with Crippen molar-refractivity contribution >= 4 is 11.7 Å². The van der Waals surface area contributed by atoms with Crippen molar-refractivity contribution in [2.24, 2.45) is 5.92 Å². The maximum absolute atomic E-state index is 12.5. The Morgan fingerprint density at radius 3 is 2.84 bits per heavy atom. The van der Waals surface area contributed by atoms with Crippen LogP contribution in [-0.2, 0) is 6.54 Å². The van der Waals surface area contributed by atoms with Gasteiger partial charge in [-0.1, -0.05) is 0 Å². The van der Waals surface area contributed by atoms with Gasteiger partial charge in [-0.3, -0.25) is 0 Å². The topological polar surface area (TPSA) is 68.6 Å². The molecular formula is C18H22N4O3. The number of carbonyl (C=O) groups is 1. The molecule has 2 aliphatic rings. The van der Waals surface area contributed by atoms with Gasteiger partial charge in [0.2, 0.25) is 6.79 Å². The summed E-state index contributed by atoms with van der Waals surface area (Å²) in [6.07, 6.45) is 5.87. The van der Waals surface area contributed by atoms with Gasteiger partial charge < -0.3 is 24.3 Å². The first-order valence-corrected chi connectivity index (χ1v) is 8.62. The minimum absolute atomic E-state index is 0.0591. The molecule has 7 heteroatoms. The first-order valence-electron chi connectivity index (χ1n) is 8.62. The smallest absolute Gasteiger partial charge is 0.321 e. The van der Waals surface area contributed by atoms with Crippen LogP contribution in [-0.4, -0.2) is 40.4 Å². The second-order valence-electron chi connectivity index (χ2n) is 6.56. The van der Waals surface area contributed by atoms with Crippen LogP contribution in [0.4, 0.5) is 10.5 Å². The highest BCUT2D eigenvalue weighted by atomic mass is 16.7. The van der Waals surface area contributed by atoms with Gasteiger partial charge in [-0.2, -0.15) is 0 Å². The zero-order valence-electron chi connectivity index (χ0n) is 14.3. The van der Waals surface area contributed by atoms with Gasteiger partial charge in [-0.25, -0.2) is 9.78 Å². The molecule has 0 spiro atoms. The van der Waals surface area contributed by atoms with Gasteiger partial charge in [0, 0.05) is 43.8 Å². The van der Waals surface area contributed by atoms with Gasteiger partial charge in [-0.05, 0) is 37.8 Å². The van der Waals surface area contributed by atoms with Gasteiger partial charge in [0.05, 0.1) is 0 Å². The van der Waals surface area contributed by atoms with E-state index in [-0.39, 0.29) is 12.8 Å². The Bertz CT molecular complexity index is 765. The Morgan fingerprint density at radius 1 is 1.28 bits per heavy atom. The Kier molecular flexibility index (Phi) is 4.21. The highest BCUT2D eigenvalue weighted by Gasteiger charge is 2.24. The van der Waals surface area contributed by atoms with Crippen molar-refractivity contribution in [2.75, 3.05) is 25.2 Å². The number of likely N-dealkylation sites (tertiary alicyclic amines) is 1. The van der Waals surface area contributed by atoms with Crippen molar-refractivity contribution in [2.45, 2.75) is 26.3 Å². The van der Waals surface area contributed by atoms with E-state index in [4.69, 9.17) is 9.47 Å². The molecule has 0 atom stereocenters. The number of anilines is 1. The molecule has 1 N–H and O–H groups in total. The maximum Gasteiger partial charge on any atom is 0.321 e. The Balaban J connectivity index is 1.30. The van der Waals surface area contributed by atoms with Crippen molar-refractivity contribution < 1.29 is 14.3 Å². The first kappa shape index (κ1) is 15.8. The number of fused-ring (bicyclic) bond motifs is 1. The predicted octanol–water partition coefficient (Wildman–Crippen LogP) is 2.86. The van der Waals surface area contributed by atoms with E-state index < -0.39 is 0 Å². The third-order valence-corrected chi connectivity index (χ3v) is 4.90. The molecule has 2 aromatic rings. The fourth-order valence-electron chi connectivity index (χ4n) is 3.37. The van der Waals surface area contributed by atoms with E-state index >= 15 is 0 Å². The summed E-state index contributed by atoms with van der Waals surface area (Å²) >= 11 is 0. The number of piperidine rings is 1. The van der Waals surface area contributed by atoms with Gasteiger partial charge in [0.1, 0.15) is 5.82 Å². The number of urea groups is 1. The lowest BCUT2D eigenvalue weighted by Crippen LogP contribution is -2.41. The minimum atomic E-state index is -0.0591. The molecule has 0 bridgehead atoms. The fraction of sp³-hybridized carbons (Fsp3) is 0.444. The summed E-state index contributed by atoms with van der Waals surface area (Å²) in [5.41, 5.74) is 0.727. The number of nitrogens with zero attached hydrogens (tertiary/aromatic N) is 3. The van der Waals surface area contributed by atoms with Crippen LogP contribution in [0.25, 0.3) is 0 Å². The van der Waals surface area contributed by atoms with Crippen LogP contribution in [0.3, 0.4) is 0 Å². The predicted molar refractivity (Wildman–Crippen MR) is 92.8 cm³/mol. The summed E-state index contributed by atoms with van der Waals surface area (Å²) in [5, 5.41) is 2.95. The molecule has 1 saturated heterocycles. The number of benzene rings is 1. The highest BCUT2D eigenvalue weighted by molar-refractivity contribution is 5.89. The zero-order valence-corrected chi connectivity index (χ0v) is 14.3. The summed E-state index contributed by atoms with van der Waals surface area (Å²) in [7, 11) is 0. The van der Waals surface area contributed by atoms with Gasteiger partial charge in [-0.15, -0.1) is 0 Å². The van der Waals surface area contributed by atoms with Crippen LogP contribution < -0.4 is 14.8 Å². The number of hydrogen-bond acceptors (Lipinski definition) is 4. The monoisotopic (exact) mass is 342 g/mol. The number of carbonyl (C=O) groups excluding carboxylic acids is 1. The molecule has 1 aromatic carbocycles. The molecule has 1 aromatic heterocycles. The number of aryl methyl sites for hydroxylation is 1. The average Bonchev–Trinajstić information content (AvgIpc) is 3.24. The van der Waals surface area contributed by atoms with Crippen molar-refractivity contribution in [1.29, 1.82) is 0 Å². The first-order chi connectivity index (χ1) is 12.2. The maximum atomic E-state index is 12.5. The van der Waals surface area contributed by atoms with Crippen LogP contribution in [0, 0.1) is 12.8 Å². The highest BCUT2D eigenvalue weighted by Crippen LogP contribution is 2.34. The van der Waals surface area contributed by atoms with E-state index in [1.54, 1.807) is 6.07 Å². The number of rotatable bonds is 3. The van der Waals surface area contributed by atoms with Crippen LogP contribution in [0.5, 0.6) is 11.5 Å². The Morgan fingerprint density at radius 2 is 2.08 bits per heavy atom. The zero-order chi connectivity index (χ0) is 17.2. The molecule has 3 heterocycles. The largest absolute Gasteiger partial charge is 0.454 e. The lowest BCUT2D eigenvalue weighted by molar-refractivity contribution is 0.174. The second-order valence-corrected chi connectivity index (χ2v) is 6.56. The van der Waals surface area contributed by atoms with E-state index in [1.165, 1.54) is 0 Å². The van der Waals surface area contributed by atoms with Crippen LogP contribution in [0.2, 0.25) is 0 Å². The third kappa shape index (κ3) is 3.40. The number of amides is 2. The number of nitrogens with one attached hydrogen (secondary N) is 1. The quantitative estimate of drug-likeness (QED) is 0.931. The van der Waals surface area contributed by atoms with Crippen LogP contribution in [0.15, 0.2) is 30.6 Å². The summed E-state index contributed by atoms with van der Waals surface area (Å²) in [4.78, 5) is 18.6. The molecule has 0 radical (unpaired) electrons. The van der Waals surface area contributed by atoms with Crippen LogP contribution >= 0.6 is 0 Å². The number of imidazole rings is 1. The number of ether oxygens (including phenoxy) is 2. The Hall–Kier alpha value is -2.70. The summed E-state index contributed by atoms with van der Waals surface area (Å²) in [6, 6.07) is 5.39. The van der Waals surface area contributed by atoms with Gasteiger partial charge >= 0.3 is 6.03 Å². The van der Waals surface area contributed by atoms with Gasteiger partial charge in [0.25, 0.3) is 0 Å². The van der Waals surface area contributed by atoms with Crippen molar-refractivity contribution in [3.63, 3.8) is 0 Å². The lowest BCUT2D eigenvalue weighted by atomic mass is 9.97. The number of aromatic nitrogens is 2. The summed E-state index contributed by atoms with van der Waals surface area (Å²) in [5.74, 6) is 3.02. The lowest BCUT2D eigenvalue weighted by Gasteiger charge is -2.32. The second kappa shape index (κ2) is 6.66. The van der Waals surface area contributed by atoms with Crippen molar-refractivity contribution in [3.05, 3.63) is 36.4 Å². The van der Waals surface area contributed by atoms with Crippen molar-refractivity contribution in [1.82, 2.24) is 14.5 Å². The minimum Gasteiger partial charge on any atom is -0.454 e. The molecule has 0 aliphatic carbocycles. The van der Waals surface area contributed by atoms with Crippen molar-refractivity contribution in [3.8, 4) is 11.5 Å². The molecule has 2 aliphatic heterocycles. The average molecular weight is 342 g/mol. The fourth-order valence-corrected chi connectivity index (χ4v) is 3.37. The van der Waals surface area contributed by atoms with E-state index in [0.717, 1.165) is 44.0 Å². The van der Waals surface area contributed by atoms with Crippen LogP contribution in [0.1, 0.15) is 18.7 Å². The molecule has 2 amide bonds. The molecular weight excluding hydrogens is 320 g/mol. The molecule has 132 valence electrons. The SMILES string of the molecule is Cc1nccn1CC1CCN(C(=O)Nc2ccc3c(c2)OCO3)CC1. The molecule has 7 nitrogen and oxygen atoms in total. The molecule has 0 saturated carbocycles. The standard InChI is InChI=1S/C18H22N4O3/c1-13-19-6-9-22(13)11-14-4-7-21(8-5-14)18(23)20-15-2-3-16-17(10-15)25-12-24-16/h2-3,6,9-10,14H,4-5,7-8,11-12H2,1H3,(H,20,23). The van der Waals surface area contributed by atoms with E-state index in [1.807, 2.05) is 36.4 Å². The van der Waals surface area contributed by atoms with Gasteiger partial charge in [0.15, 0.2) is 11.5 Å². The number of hydrogen-bond donors (Lipinski definition) is 1. The Labute approximate surface area is 146 Å². The summed E-state index contributed by atoms with van der Waals surface area (Å²) < 4.78 is 12.8. The van der Waals surface area contributed by atoms with E-state index in [9.17, 15) is 4.79 Å². The molecule has 25 heavy (non-hydrogen) atoms. The van der Waals surface area contributed by atoms with E-state index in [2.05, 4.69) is 14.9 Å².